The van der Waals surface area contributed by atoms with Crippen molar-refractivity contribution in [3.8, 4) is 0 Å². The number of aryl methyl sites for hydroxylation is 4. The Labute approximate surface area is 107 Å². The Morgan fingerprint density at radius 2 is 1.18 bits per heavy atom. The topological polar surface area (TPSA) is 0 Å². The van der Waals surface area contributed by atoms with E-state index in [-0.39, 0.29) is 0 Å². The lowest BCUT2D eigenvalue weighted by molar-refractivity contribution is 0.922. The first-order chi connectivity index (χ1) is 8.31. The highest BCUT2D eigenvalue weighted by molar-refractivity contribution is 6.31. The monoisotopic (exact) mass is 242 g/mol. The van der Waals surface area contributed by atoms with Crippen molar-refractivity contribution in [3.63, 3.8) is 0 Å². The van der Waals surface area contributed by atoms with Gasteiger partial charge < -0.3 is 0 Å². The molecule has 2 aromatic carbocycles. The molecule has 0 nitrogen and oxygen atoms in total. The quantitative estimate of drug-likeness (QED) is 0.649. The molecule has 1 heteroatoms. The Hall–Kier alpha value is -1.27. The standard InChI is InChI=1S/C16H15Cl/c17-16-11-14-6-5-12-1-3-13(4-2-12)7-9-15(16)10-8-14/h1-4,8,10-11H,5-7,9H2. The average Bonchev–Trinajstić information content (AvgIpc) is 2.34. The van der Waals surface area contributed by atoms with Crippen molar-refractivity contribution < 1.29 is 0 Å². The first-order valence-corrected chi connectivity index (χ1v) is 6.54. The van der Waals surface area contributed by atoms with Crippen LogP contribution in [0.1, 0.15) is 22.3 Å². The van der Waals surface area contributed by atoms with Crippen LogP contribution < -0.4 is 0 Å². The van der Waals surface area contributed by atoms with Crippen molar-refractivity contribution in [1.29, 1.82) is 0 Å². The van der Waals surface area contributed by atoms with E-state index in [2.05, 4.69) is 42.5 Å². The fourth-order valence-corrected chi connectivity index (χ4v) is 2.69. The van der Waals surface area contributed by atoms with Gasteiger partial charge in [-0.2, -0.15) is 0 Å². The minimum atomic E-state index is 0.928. The molecule has 0 aromatic heterocycles. The zero-order valence-electron chi connectivity index (χ0n) is 9.75. The summed E-state index contributed by atoms with van der Waals surface area (Å²) in [6.07, 6.45) is 4.26. The van der Waals surface area contributed by atoms with Crippen molar-refractivity contribution in [1.82, 2.24) is 0 Å². The highest BCUT2D eigenvalue weighted by Gasteiger charge is 2.05. The first-order valence-electron chi connectivity index (χ1n) is 6.16. The van der Waals surface area contributed by atoms with Crippen LogP contribution in [0.25, 0.3) is 0 Å². The number of hydrogen-bond donors (Lipinski definition) is 0. The third-order valence-corrected chi connectivity index (χ3v) is 3.88. The molecule has 0 unspecified atom stereocenters. The average molecular weight is 243 g/mol. The van der Waals surface area contributed by atoms with Crippen LogP contribution in [0, 0.1) is 0 Å². The van der Waals surface area contributed by atoms with Gasteiger partial charge in [-0.15, -0.1) is 0 Å². The Bertz CT molecular complexity index is 526. The molecule has 0 saturated carbocycles. The Kier molecular flexibility index (Phi) is 2.90. The van der Waals surface area contributed by atoms with E-state index in [9.17, 15) is 0 Å². The molecular formula is C16H15Cl. The van der Waals surface area contributed by atoms with Gasteiger partial charge in [-0.1, -0.05) is 48.0 Å². The zero-order valence-corrected chi connectivity index (χ0v) is 10.5. The highest BCUT2D eigenvalue weighted by atomic mass is 35.5. The van der Waals surface area contributed by atoms with Gasteiger partial charge in [0.2, 0.25) is 0 Å². The van der Waals surface area contributed by atoms with Gasteiger partial charge in [-0.3, -0.25) is 0 Å². The summed E-state index contributed by atoms with van der Waals surface area (Å²) in [6, 6.07) is 15.5. The molecule has 4 bridgehead atoms. The zero-order chi connectivity index (χ0) is 11.7. The Morgan fingerprint density at radius 1 is 0.647 bits per heavy atom. The molecule has 0 aliphatic heterocycles. The van der Waals surface area contributed by atoms with Gasteiger partial charge >= 0.3 is 0 Å². The lowest BCUT2D eigenvalue weighted by Gasteiger charge is -2.11. The molecule has 86 valence electrons. The van der Waals surface area contributed by atoms with E-state index in [0.29, 0.717) is 0 Å². The molecule has 0 atom stereocenters. The maximum atomic E-state index is 6.31. The largest absolute Gasteiger partial charge is 0.0840 e. The third kappa shape index (κ3) is 2.37. The molecule has 4 aliphatic carbocycles. The molecular weight excluding hydrogens is 228 g/mol. The van der Waals surface area contributed by atoms with Crippen LogP contribution in [0.5, 0.6) is 0 Å². The van der Waals surface area contributed by atoms with Gasteiger partial charge in [-0.25, -0.2) is 0 Å². The smallest absolute Gasteiger partial charge is 0.0440 e. The van der Waals surface area contributed by atoms with Gasteiger partial charge in [0, 0.05) is 5.02 Å². The minimum absolute atomic E-state index is 0.928. The predicted molar refractivity (Wildman–Crippen MR) is 72.7 cm³/mol. The lowest BCUT2D eigenvalue weighted by atomic mass is 9.97. The van der Waals surface area contributed by atoms with Gasteiger partial charge in [0.1, 0.15) is 0 Å². The van der Waals surface area contributed by atoms with Crippen LogP contribution in [-0.2, 0) is 25.7 Å². The second-order valence-electron chi connectivity index (χ2n) is 4.74. The van der Waals surface area contributed by atoms with E-state index in [1.54, 1.807) is 0 Å². The second-order valence-corrected chi connectivity index (χ2v) is 5.15. The molecule has 0 heterocycles. The number of rotatable bonds is 0. The molecule has 0 spiro atoms. The van der Waals surface area contributed by atoms with Crippen LogP contribution in [0.3, 0.4) is 0 Å². The number of benzene rings is 2. The van der Waals surface area contributed by atoms with E-state index in [1.807, 2.05) is 0 Å². The fraction of sp³-hybridized carbons (Fsp3) is 0.250. The van der Waals surface area contributed by atoms with Crippen LogP contribution in [-0.4, -0.2) is 0 Å². The van der Waals surface area contributed by atoms with Crippen molar-refractivity contribution >= 4 is 11.6 Å². The highest BCUT2D eigenvalue weighted by Crippen LogP contribution is 2.22. The summed E-state index contributed by atoms with van der Waals surface area (Å²) < 4.78 is 0. The van der Waals surface area contributed by atoms with Crippen molar-refractivity contribution in [2.24, 2.45) is 0 Å². The summed E-state index contributed by atoms with van der Waals surface area (Å²) in [4.78, 5) is 0. The molecule has 0 saturated heterocycles. The SMILES string of the molecule is Clc1cc2ccc1CCc1ccc(cc1)CC2. The minimum Gasteiger partial charge on any atom is -0.0840 e. The summed E-state index contributed by atoms with van der Waals surface area (Å²) >= 11 is 6.31. The summed E-state index contributed by atoms with van der Waals surface area (Å²) in [5.74, 6) is 0. The molecule has 0 N–H and O–H groups in total. The van der Waals surface area contributed by atoms with Gasteiger partial charge in [0.05, 0.1) is 0 Å². The van der Waals surface area contributed by atoms with Crippen molar-refractivity contribution in [2.45, 2.75) is 25.7 Å². The molecule has 0 radical (unpaired) electrons. The normalized spacial score (nSPS) is 14.4. The molecule has 6 rings (SSSR count). The molecule has 0 amide bonds. The molecule has 2 aromatic rings. The maximum Gasteiger partial charge on any atom is 0.0440 e. The van der Waals surface area contributed by atoms with Crippen LogP contribution in [0.2, 0.25) is 5.02 Å². The number of halogens is 1. The van der Waals surface area contributed by atoms with Crippen molar-refractivity contribution in [2.75, 3.05) is 0 Å². The van der Waals surface area contributed by atoms with Gasteiger partial charge in [-0.05, 0) is 54.0 Å². The lowest BCUT2D eigenvalue weighted by Crippen LogP contribution is -1.98. The predicted octanol–water partition coefficient (Wildman–Crippen LogP) is 4.22. The summed E-state index contributed by atoms with van der Waals surface area (Å²) in [5.41, 5.74) is 5.41. The van der Waals surface area contributed by atoms with Crippen LogP contribution >= 0.6 is 11.6 Å². The summed E-state index contributed by atoms with van der Waals surface area (Å²) in [5, 5.41) is 0.928. The summed E-state index contributed by atoms with van der Waals surface area (Å²) in [6.45, 7) is 0. The van der Waals surface area contributed by atoms with Crippen molar-refractivity contribution in [3.05, 3.63) is 69.7 Å². The Morgan fingerprint density at radius 3 is 1.82 bits per heavy atom. The maximum absolute atomic E-state index is 6.31. The summed E-state index contributed by atoms with van der Waals surface area (Å²) in [7, 11) is 0. The van der Waals surface area contributed by atoms with E-state index in [4.69, 9.17) is 11.6 Å². The third-order valence-electron chi connectivity index (χ3n) is 3.53. The van der Waals surface area contributed by atoms with Crippen LogP contribution in [0.4, 0.5) is 0 Å². The number of hydrogen-bond acceptors (Lipinski definition) is 0. The molecule has 17 heavy (non-hydrogen) atoms. The molecule has 4 aliphatic rings. The van der Waals surface area contributed by atoms with E-state index >= 15 is 0 Å². The van der Waals surface area contributed by atoms with E-state index < -0.39 is 0 Å². The second kappa shape index (κ2) is 4.54. The van der Waals surface area contributed by atoms with Gasteiger partial charge in [0.25, 0.3) is 0 Å². The van der Waals surface area contributed by atoms with E-state index in [1.165, 1.54) is 22.3 Å². The Balaban J connectivity index is 2.00. The van der Waals surface area contributed by atoms with E-state index in [0.717, 1.165) is 30.7 Å². The fourth-order valence-electron chi connectivity index (χ4n) is 2.39. The molecule has 0 fully saturated rings. The first kappa shape index (κ1) is 10.9. The van der Waals surface area contributed by atoms with Gasteiger partial charge in [0.15, 0.2) is 0 Å². The van der Waals surface area contributed by atoms with Crippen LogP contribution in [0.15, 0.2) is 42.5 Å².